The number of amides is 1. The maximum Gasteiger partial charge on any atom is 0.262 e. The van der Waals surface area contributed by atoms with Crippen LogP contribution in [0.1, 0.15) is 21.7 Å². The van der Waals surface area contributed by atoms with E-state index in [1.165, 1.54) is 12.4 Å². The van der Waals surface area contributed by atoms with Crippen molar-refractivity contribution in [2.45, 2.75) is 6.92 Å². The molecule has 0 aromatic carbocycles. The van der Waals surface area contributed by atoms with Crippen molar-refractivity contribution in [2.24, 2.45) is 0 Å². The predicted octanol–water partition coefficient (Wildman–Crippen LogP) is 0.830. The Balaban J connectivity index is 2.21. The highest BCUT2D eigenvalue weighted by Gasteiger charge is 2.15. The fraction of sp³-hybridized carbons (Fsp3) is 0.111. The monoisotopic (exact) mass is 217 g/mol. The van der Waals surface area contributed by atoms with Crippen molar-refractivity contribution in [1.82, 2.24) is 15.4 Å². The molecule has 0 fully saturated rings. The standard InChI is InChI=1S/C9H7N5O2/c1-5-7(4-12-16-5)9(15)13-8-6(2-10)3-11-14-8/h3-4H,1H3,(H2,11,13,14,15). The lowest BCUT2D eigenvalue weighted by Gasteiger charge is -2.00. The third kappa shape index (κ3) is 1.64. The summed E-state index contributed by atoms with van der Waals surface area (Å²) in [5.41, 5.74) is 0.584. The van der Waals surface area contributed by atoms with Crippen molar-refractivity contribution in [2.75, 3.05) is 5.32 Å². The highest BCUT2D eigenvalue weighted by molar-refractivity contribution is 6.04. The van der Waals surface area contributed by atoms with E-state index in [1.54, 1.807) is 6.92 Å². The van der Waals surface area contributed by atoms with Crippen LogP contribution in [0.3, 0.4) is 0 Å². The third-order valence-electron chi connectivity index (χ3n) is 1.99. The lowest BCUT2D eigenvalue weighted by atomic mass is 10.2. The van der Waals surface area contributed by atoms with E-state index in [1.807, 2.05) is 6.07 Å². The molecule has 0 radical (unpaired) electrons. The Morgan fingerprint density at radius 2 is 2.44 bits per heavy atom. The number of anilines is 1. The Morgan fingerprint density at radius 1 is 1.62 bits per heavy atom. The van der Waals surface area contributed by atoms with E-state index in [0.717, 1.165) is 0 Å². The molecular formula is C9H7N5O2. The first-order valence-corrected chi connectivity index (χ1v) is 4.38. The number of nitrogens with zero attached hydrogens (tertiary/aromatic N) is 3. The number of rotatable bonds is 2. The highest BCUT2D eigenvalue weighted by Crippen LogP contribution is 2.12. The minimum Gasteiger partial charge on any atom is -0.361 e. The number of aromatic nitrogens is 3. The SMILES string of the molecule is Cc1oncc1C(=O)Nc1[nH]ncc1C#N. The summed E-state index contributed by atoms with van der Waals surface area (Å²) in [5, 5.41) is 20.9. The van der Waals surface area contributed by atoms with Gasteiger partial charge >= 0.3 is 0 Å². The highest BCUT2D eigenvalue weighted by atomic mass is 16.5. The number of hydrogen-bond acceptors (Lipinski definition) is 5. The molecule has 2 aromatic rings. The van der Waals surface area contributed by atoms with Crippen molar-refractivity contribution in [1.29, 1.82) is 5.26 Å². The van der Waals surface area contributed by atoms with E-state index in [4.69, 9.17) is 9.78 Å². The Labute approximate surface area is 90.0 Å². The number of carbonyl (C=O) groups excluding carboxylic acids is 1. The molecule has 2 aromatic heterocycles. The molecule has 2 heterocycles. The molecule has 0 saturated heterocycles. The van der Waals surface area contributed by atoms with Crippen LogP contribution in [0, 0.1) is 18.3 Å². The van der Waals surface area contributed by atoms with Gasteiger partial charge in [-0.05, 0) is 6.92 Å². The lowest BCUT2D eigenvalue weighted by molar-refractivity contribution is 0.102. The molecule has 2 rings (SSSR count). The fourth-order valence-electron chi connectivity index (χ4n) is 1.16. The molecule has 0 atom stereocenters. The summed E-state index contributed by atoms with van der Waals surface area (Å²) in [6.45, 7) is 1.63. The average Bonchev–Trinajstić information content (AvgIpc) is 2.86. The molecule has 0 aliphatic heterocycles. The van der Waals surface area contributed by atoms with Gasteiger partial charge in [-0.25, -0.2) is 0 Å². The first-order valence-electron chi connectivity index (χ1n) is 4.38. The Morgan fingerprint density at radius 3 is 3.06 bits per heavy atom. The van der Waals surface area contributed by atoms with Gasteiger partial charge in [0.15, 0.2) is 0 Å². The molecule has 7 heteroatoms. The summed E-state index contributed by atoms with van der Waals surface area (Å²) in [7, 11) is 0. The molecule has 2 N–H and O–H groups in total. The predicted molar refractivity (Wildman–Crippen MR) is 52.5 cm³/mol. The van der Waals surface area contributed by atoms with Gasteiger partial charge < -0.3 is 9.84 Å². The summed E-state index contributed by atoms with van der Waals surface area (Å²) in [5.74, 6) is 0.267. The zero-order valence-electron chi connectivity index (χ0n) is 8.31. The van der Waals surface area contributed by atoms with Crippen LogP contribution in [0.2, 0.25) is 0 Å². The first kappa shape index (κ1) is 9.92. The minimum atomic E-state index is -0.403. The van der Waals surface area contributed by atoms with E-state index < -0.39 is 5.91 Å². The normalized spacial score (nSPS) is 9.75. The van der Waals surface area contributed by atoms with Crippen LogP contribution in [0.15, 0.2) is 16.9 Å². The first-order chi connectivity index (χ1) is 7.72. The van der Waals surface area contributed by atoms with Gasteiger partial charge in [0.05, 0.1) is 12.4 Å². The van der Waals surface area contributed by atoms with Gasteiger partial charge in [-0.2, -0.15) is 10.4 Å². The van der Waals surface area contributed by atoms with Crippen LogP contribution in [0.25, 0.3) is 0 Å². The molecule has 0 saturated carbocycles. The van der Waals surface area contributed by atoms with Gasteiger partial charge in [-0.3, -0.25) is 9.89 Å². The second-order valence-electron chi connectivity index (χ2n) is 3.02. The number of hydrogen-bond donors (Lipinski definition) is 2. The summed E-state index contributed by atoms with van der Waals surface area (Å²) in [6.07, 6.45) is 2.64. The van der Waals surface area contributed by atoms with E-state index in [-0.39, 0.29) is 11.4 Å². The number of nitrogens with one attached hydrogen (secondary N) is 2. The average molecular weight is 217 g/mol. The van der Waals surface area contributed by atoms with Crippen molar-refractivity contribution in [3.05, 3.63) is 29.3 Å². The van der Waals surface area contributed by atoms with Crippen LogP contribution in [0.5, 0.6) is 0 Å². The fourth-order valence-corrected chi connectivity index (χ4v) is 1.16. The number of aromatic amines is 1. The van der Waals surface area contributed by atoms with Crippen LogP contribution in [0.4, 0.5) is 5.82 Å². The van der Waals surface area contributed by atoms with E-state index in [2.05, 4.69) is 20.7 Å². The largest absolute Gasteiger partial charge is 0.361 e. The van der Waals surface area contributed by atoms with Crippen molar-refractivity contribution in [3.8, 4) is 6.07 Å². The van der Waals surface area contributed by atoms with E-state index >= 15 is 0 Å². The van der Waals surface area contributed by atoms with E-state index in [0.29, 0.717) is 11.3 Å². The topological polar surface area (TPSA) is 108 Å². The summed E-state index contributed by atoms with van der Waals surface area (Å²) < 4.78 is 4.76. The number of carbonyl (C=O) groups is 1. The van der Waals surface area contributed by atoms with E-state index in [9.17, 15) is 4.79 Å². The molecule has 1 amide bonds. The zero-order chi connectivity index (χ0) is 11.5. The van der Waals surface area contributed by atoms with Gasteiger partial charge in [-0.15, -0.1) is 0 Å². The zero-order valence-corrected chi connectivity index (χ0v) is 8.31. The summed E-state index contributed by atoms with van der Waals surface area (Å²) >= 11 is 0. The lowest BCUT2D eigenvalue weighted by Crippen LogP contribution is -2.13. The van der Waals surface area contributed by atoms with Crippen LogP contribution >= 0.6 is 0 Å². The third-order valence-corrected chi connectivity index (χ3v) is 1.99. The maximum atomic E-state index is 11.7. The smallest absolute Gasteiger partial charge is 0.262 e. The Kier molecular flexibility index (Phi) is 2.39. The Bertz CT molecular complexity index is 562. The van der Waals surface area contributed by atoms with Crippen LogP contribution in [-0.2, 0) is 0 Å². The van der Waals surface area contributed by atoms with Crippen LogP contribution < -0.4 is 5.32 Å². The van der Waals surface area contributed by atoms with Crippen molar-refractivity contribution < 1.29 is 9.32 Å². The summed E-state index contributed by atoms with van der Waals surface area (Å²) in [4.78, 5) is 11.7. The second-order valence-corrected chi connectivity index (χ2v) is 3.02. The minimum absolute atomic E-state index is 0.258. The maximum absolute atomic E-state index is 11.7. The molecule has 0 aliphatic carbocycles. The molecule has 16 heavy (non-hydrogen) atoms. The number of nitriles is 1. The number of H-pyrrole nitrogens is 1. The quantitative estimate of drug-likeness (QED) is 0.774. The van der Waals surface area contributed by atoms with Gasteiger partial charge in [0.1, 0.15) is 28.8 Å². The molecule has 7 nitrogen and oxygen atoms in total. The summed E-state index contributed by atoms with van der Waals surface area (Å²) in [6, 6.07) is 1.89. The molecule has 80 valence electrons. The van der Waals surface area contributed by atoms with Gasteiger partial charge in [0.2, 0.25) is 0 Å². The molecule has 0 aliphatic rings. The van der Waals surface area contributed by atoms with Crippen LogP contribution in [-0.4, -0.2) is 21.3 Å². The van der Waals surface area contributed by atoms with Gasteiger partial charge in [-0.1, -0.05) is 5.16 Å². The molecular weight excluding hydrogens is 210 g/mol. The molecule has 0 unspecified atom stereocenters. The number of aryl methyl sites for hydroxylation is 1. The molecule has 0 spiro atoms. The Hall–Kier alpha value is -2.62. The second kappa shape index (κ2) is 3.86. The van der Waals surface area contributed by atoms with Crippen molar-refractivity contribution >= 4 is 11.7 Å². The van der Waals surface area contributed by atoms with Gasteiger partial charge in [0, 0.05) is 0 Å². The van der Waals surface area contributed by atoms with Gasteiger partial charge in [0.25, 0.3) is 5.91 Å². The molecule has 0 bridgehead atoms. The van der Waals surface area contributed by atoms with Crippen molar-refractivity contribution in [3.63, 3.8) is 0 Å².